The van der Waals surface area contributed by atoms with Crippen LogP contribution in [-0.4, -0.2) is 44.6 Å². The molecule has 24 heavy (non-hydrogen) atoms. The van der Waals surface area contributed by atoms with Gasteiger partial charge in [0.05, 0.1) is 11.0 Å². The number of nitrogens with zero attached hydrogens (tertiary/aromatic N) is 3. The summed E-state index contributed by atoms with van der Waals surface area (Å²) < 4.78 is 0. The Morgan fingerprint density at radius 2 is 2.21 bits per heavy atom. The molecule has 1 aromatic rings. The van der Waals surface area contributed by atoms with Gasteiger partial charge in [0.2, 0.25) is 5.15 Å². The smallest absolute Gasteiger partial charge is 0.407 e. The van der Waals surface area contributed by atoms with Gasteiger partial charge in [-0.15, -0.1) is 0 Å². The number of carboxylic acid groups (broad SMARTS) is 1. The van der Waals surface area contributed by atoms with Crippen LogP contribution in [0.5, 0.6) is 0 Å². The first-order valence-electron chi connectivity index (χ1n) is 7.68. The molecule has 0 saturated carbocycles. The third-order valence-corrected chi connectivity index (χ3v) is 4.44. The van der Waals surface area contributed by atoms with Crippen molar-refractivity contribution in [3.8, 4) is 0 Å². The molecular formula is C15H21ClN4O4. The number of rotatable bonds is 3. The van der Waals surface area contributed by atoms with E-state index in [0.717, 1.165) is 0 Å². The molecule has 1 aromatic heterocycles. The van der Waals surface area contributed by atoms with Crippen LogP contribution in [-0.2, 0) is 0 Å². The van der Waals surface area contributed by atoms with E-state index >= 15 is 0 Å². The molecule has 2 rings (SSSR count). The zero-order valence-corrected chi connectivity index (χ0v) is 14.6. The van der Waals surface area contributed by atoms with E-state index in [1.165, 1.54) is 17.2 Å². The summed E-state index contributed by atoms with van der Waals surface area (Å²) in [6.07, 6.45) is 1.80. The van der Waals surface area contributed by atoms with Crippen molar-refractivity contribution in [2.75, 3.05) is 11.9 Å². The van der Waals surface area contributed by atoms with Crippen molar-refractivity contribution in [1.82, 2.24) is 9.88 Å². The summed E-state index contributed by atoms with van der Waals surface area (Å²) in [6.45, 7) is 6.33. The Balaban J connectivity index is 2.38. The van der Waals surface area contributed by atoms with Crippen molar-refractivity contribution >= 4 is 29.1 Å². The van der Waals surface area contributed by atoms with Crippen molar-refractivity contribution < 1.29 is 14.8 Å². The maximum absolute atomic E-state index is 11.6. The highest BCUT2D eigenvalue weighted by atomic mass is 35.5. The zero-order chi connectivity index (χ0) is 18.1. The van der Waals surface area contributed by atoms with Crippen LogP contribution in [0.1, 0.15) is 33.6 Å². The second-order valence-corrected chi connectivity index (χ2v) is 7.29. The Morgan fingerprint density at radius 3 is 2.75 bits per heavy atom. The van der Waals surface area contributed by atoms with Crippen molar-refractivity contribution in [1.29, 1.82) is 0 Å². The molecule has 2 heterocycles. The van der Waals surface area contributed by atoms with Gasteiger partial charge in [0.25, 0.3) is 0 Å². The Morgan fingerprint density at radius 1 is 1.54 bits per heavy atom. The number of likely N-dealkylation sites (tertiary alicyclic amines) is 1. The highest BCUT2D eigenvalue weighted by Crippen LogP contribution is 2.37. The molecule has 2 unspecified atom stereocenters. The van der Waals surface area contributed by atoms with Crippen molar-refractivity contribution in [2.45, 2.75) is 45.7 Å². The van der Waals surface area contributed by atoms with Crippen LogP contribution in [0, 0.1) is 15.5 Å². The minimum absolute atomic E-state index is 0.191. The van der Waals surface area contributed by atoms with Gasteiger partial charge in [0.1, 0.15) is 5.69 Å². The number of nitrogens with one attached hydrogen (secondary N) is 1. The van der Waals surface area contributed by atoms with Crippen molar-refractivity contribution in [3.05, 3.63) is 27.5 Å². The first kappa shape index (κ1) is 18.3. The number of piperidine rings is 1. The molecule has 0 aliphatic carbocycles. The van der Waals surface area contributed by atoms with Crippen LogP contribution < -0.4 is 5.32 Å². The Bertz CT molecular complexity index is 647. The van der Waals surface area contributed by atoms with Gasteiger partial charge in [-0.3, -0.25) is 10.1 Å². The normalized spacial score (nSPS) is 21.4. The number of amides is 1. The molecule has 0 aromatic carbocycles. The summed E-state index contributed by atoms with van der Waals surface area (Å²) in [4.78, 5) is 27.4. The third-order valence-electron chi connectivity index (χ3n) is 4.17. The second-order valence-electron chi connectivity index (χ2n) is 6.93. The van der Waals surface area contributed by atoms with Crippen LogP contribution >= 0.6 is 11.6 Å². The fourth-order valence-corrected chi connectivity index (χ4v) is 3.58. The molecule has 1 saturated heterocycles. The summed E-state index contributed by atoms with van der Waals surface area (Å²) in [5.74, 6) is 0. The fraction of sp³-hybridized carbons (Fsp3) is 0.600. The van der Waals surface area contributed by atoms with E-state index < -0.39 is 11.0 Å². The van der Waals surface area contributed by atoms with E-state index in [2.05, 4.69) is 10.3 Å². The Kier molecular flexibility index (Phi) is 5.17. The van der Waals surface area contributed by atoms with E-state index in [1.807, 2.05) is 20.8 Å². The molecule has 8 nitrogen and oxygen atoms in total. The summed E-state index contributed by atoms with van der Waals surface area (Å²) >= 11 is 5.85. The SMILES string of the molecule is CC(C)(C)C1C(Nc2ccnc(Cl)c2[N+](=O)[O-])CCCN1C(=O)O. The number of carbonyl (C=O) groups is 1. The summed E-state index contributed by atoms with van der Waals surface area (Å²) in [7, 11) is 0. The van der Waals surface area contributed by atoms with Gasteiger partial charge in [-0.05, 0) is 24.3 Å². The number of pyridine rings is 1. The molecule has 0 radical (unpaired) electrons. The first-order valence-corrected chi connectivity index (χ1v) is 8.05. The van der Waals surface area contributed by atoms with E-state index in [-0.39, 0.29) is 34.0 Å². The summed E-state index contributed by atoms with van der Waals surface area (Å²) in [6, 6.07) is 0.908. The van der Waals surface area contributed by atoms with Crippen LogP contribution in [0.25, 0.3) is 0 Å². The number of hydrogen-bond acceptors (Lipinski definition) is 5. The molecule has 0 bridgehead atoms. The molecule has 132 valence electrons. The van der Waals surface area contributed by atoms with Crippen molar-refractivity contribution in [3.63, 3.8) is 0 Å². The maximum atomic E-state index is 11.6. The predicted octanol–water partition coefficient (Wildman–Crippen LogP) is 3.61. The minimum Gasteiger partial charge on any atom is -0.465 e. The number of aromatic nitrogens is 1. The molecule has 1 aliphatic rings. The molecule has 1 aliphatic heterocycles. The molecule has 9 heteroatoms. The van der Waals surface area contributed by atoms with Crippen molar-refractivity contribution in [2.24, 2.45) is 5.41 Å². The largest absolute Gasteiger partial charge is 0.465 e. The fourth-order valence-electron chi connectivity index (χ4n) is 3.35. The Labute approximate surface area is 145 Å². The maximum Gasteiger partial charge on any atom is 0.407 e. The van der Waals surface area contributed by atoms with Crippen LogP contribution in [0.3, 0.4) is 0 Å². The van der Waals surface area contributed by atoms with Gasteiger partial charge >= 0.3 is 11.8 Å². The monoisotopic (exact) mass is 356 g/mol. The average molecular weight is 357 g/mol. The lowest BCUT2D eigenvalue weighted by molar-refractivity contribution is -0.384. The van der Waals surface area contributed by atoms with Crippen LogP contribution in [0.2, 0.25) is 5.15 Å². The van der Waals surface area contributed by atoms with Gasteiger partial charge in [0.15, 0.2) is 0 Å². The standard InChI is InChI=1S/C15H21ClN4O4/c1-15(2,3)12-10(5-4-8-19(12)14(21)22)18-9-6-7-17-13(16)11(9)20(23)24/h6-7,10,12H,4-5,8H2,1-3H3,(H,17,18)(H,21,22). The second kappa shape index (κ2) is 6.80. The summed E-state index contributed by atoms with van der Waals surface area (Å²) in [5, 5.41) is 23.7. The highest BCUT2D eigenvalue weighted by Gasteiger charge is 2.42. The molecule has 1 amide bonds. The number of halogens is 1. The topological polar surface area (TPSA) is 109 Å². The van der Waals surface area contributed by atoms with Gasteiger partial charge in [-0.2, -0.15) is 0 Å². The minimum atomic E-state index is -0.983. The lowest BCUT2D eigenvalue weighted by atomic mass is 9.77. The number of nitro groups is 1. The molecule has 2 N–H and O–H groups in total. The lowest BCUT2D eigenvalue weighted by Crippen LogP contribution is -2.58. The van der Waals surface area contributed by atoms with Gasteiger partial charge in [0, 0.05) is 18.8 Å². The lowest BCUT2D eigenvalue weighted by Gasteiger charge is -2.47. The quantitative estimate of drug-likeness (QED) is 0.486. The molecule has 0 spiro atoms. The van der Waals surface area contributed by atoms with Crippen LogP contribution in [0.4, 0.5) is 16.2 Å². The predicted molar refractivity (Wildman–Crippen MR) is 90.5 cm³/mol. The van der Waals surface area contributed by atoms with Crippen LogP contribution in [0.15, 0.2) is 12.3 Å². The van der Waals surface area contributed by atoms with Gasteiger partial charge < -0.3 is 15.3 Å². The van der Waals surface area contributed by atoms with E-state index in [9.17, 15) is 20.0 Å². The molecule has 1 fully saturated rings. The van der Waals surface area contributed by atoms with Gasteiger partial charge in [-0.1, -0.05) is 32.4 Å². The molecular weight excluding hydrogens is 336 g/mol. The summed E-state index contributed by atoms with van der Waals surface area (Å²) in [5.41, 5.74) is -0.368. The molecule has 2 atom stereocenters. The number of hydrogen-bond donors (Lipinski definition) is 2. The average Bonchev–Trinajstić information content (AvgIpc) is 2.45. The zero-order valence-electron chi connectivity index (χ0n) is 13.8. The first-order chi connectivity index (χ1) is 11.1. The van der Waals surface area contributed by atoms with E-state index in [4.69, 9.17) is 11.6 Å². The van der Waals surface area contributed by atoms with E-state index in [0.29, 0.717) is 19.4 Å². The highest BCUT2D eigenvalue weighted by molar-refractivity contribution is 6.32. The van der Waals surface area contributed by atoms with E-state index in [1.54, 1.807) is 0 Å². The third kappa shape index (κ3) is 3.69. The van der Waals surface area contributed by atoms with Gasteiger partial charge in [-0.25, -0.2) is 9.78 Å². The Hall–Kier alpha value is -2.09. The number of anilines is 1.